The van der Waals surface area contributed by atoms with Crippen LogP contribution in [0.1, 0.15) is 46.5 Å². The van der Waals surface area contributed by atoms with Crippen LogP contribution >= 0.6 is 0 Å². The van der Waals surface area contributed by atoms with Crippen LogP contribution in [0.3, 0.4) is 0 Å². The van der Waals surface area contributed by atoms with E-state index in [1.165, 1.54) is 38.8 Å². The molecule has 0 aliphatic carbocycles. The summed E-state index contributed by atoms with van der Waals surface area (Å²) in [7, 11) is 0. The van der Waals surface area contributed by atoms with Gasteiger partial charge in [0.25, 0.3) is 0 Å². The second kappa shape index (κ2) is 11.2. The summed E-state index contributed by atoms with van der Waals surface area (Å²) in [5.41, 5.74) is 0. The van der Waals surface area contributed by atoms with Gasteiger partial charge >= 0.3 is 0 Å². The fourth-order valence-electron chi connectivity index (χ4n) is 1.77. The fraction of sp³-hybridized carbons (Fsp3) is 0.857. The average molecular weight is 226 g/mol. The molecular formula is C14H30N2. The fourth-order valence-corrected chi connectivity index (χ4v) is 1.77. The van der Waals surface area contributed by atoms with Crippen LogP contribution in [0.4, 0.5) is 0 Å². The molecule has 0 rings (SSSR count). The highest BCUT2D eigenvalue weighted by Gasteiger charge is 1.98. The van der Waals surface area contributed by atoms with Crippen molar-refractivity contribution in [2.45, 2.75) is 52.5 Å². The monoisotopic (exact) mass is 226 g/mol. The van der Waals surface area contributed by atoms with Crippen molar-refractivity contribution in [2.75, 3.05) is 26.2 Å². The minimum atomic E-state index is 0.628. The highest BCUT2D eigenvalue weighted by atomic mass is 15.1. The smallest absolute Gasteiger partial charge is 0.0160 e. The maximum Gasteiger partial charge on any atom is 0.0160 e. The largest absolute Gasteiger partial charge is 0.315 e. The van der Waals surface area contributed by atoms with Crippen molar-refractivity contribution in [3.05, 3.63) is 12.7 Å². The van der Waals surface area contributed by atoms with Crippen LogP contribution in [0.15, 0.2) is 12.7 Å². The molecular weight excluding hydrogens is 196 g/mol. The van der Waals surface area contributed by atoms with E-state index in [9.17, 15) is 0 Å². The highest BCUT2D eigenvalue weighted by Crippen LogP contribution is 2.01. The Morgan fingerprint density at radius 1 is 1.19 bits per heavy atom. The maximum absolute atomic E-state index is 3.78. The second-order valence-electron chi connectivity index (χ2n) is 4.70. The summed E-state index contributed by atoms with van der Waals surface area (Å²) >= 11 is 0. The molecule has 1 N–H and O–H groups in total. The van der Waals surface area contributed by atoms with Gasteiger partial charge in [0.05, 0.1) is 0 Å². The first-order chi connectivity index (χ1) is 7.70. The van der Waals surface area contributed by atoms with Gasteiger partial charge in [-0.05, 0) is 32.5 Å². The first-order valence-corrected chi connectivity index (χ1v) is 6.77. The van der Waals surface area contributed by atoms with Crippen molar-refractivity contribution in [3.8, 4) is 0 Å². The Bertz CT molecular complexity index is 155. The number of unbranched alkanes of at least 4 members (excludes halogenated alkanes) is 3. The molecule has 0 bridgehead atoms. The minimum absolute atomic E-state index is 0.628. The van der Waals surface area contributed by atoms with E-state index in [1.54, 1.807) is 0 Å². The Morgan fingerprint density at radius 2 is 1.88 bits per heavy atom. The second-order valence-corrected chi connectivity index (χ2v) is 4.70. The number of likely N-dealkylation sites (N-methyl/N-ethyl adjacent to an activating group) is 1. The van der Waals surface area contributed by atoms with Gasteiger partial charge in [-0.15, -0.1) is 6.58 Å². The van der Waals surface area contributed by atoms with Crippen LogP contribution in [-0.2, 0) is 0 Å². The topological polar surface area (TPSA) is 15.3 Å². The predicted octanol–water partition coefficient (Wildman–Crippen LogP) is 3.05. The molecule has 0 saturated carbocycles. The lowest BCUT2D eigenvalue weighted by atomic mass is 10.2. The molecule has 0 radical (unpaired) electrons. The van der Waals surface area contributed by atoms with Gasteiger partial charge in [-0.2, -0.15) is 0 Å². The lowest BCUT2D eigenvalue weighted by Gasteiger charge is -2.17. The zero-order valence-electron chi connectivity index (χ0n) is 11.5. The summed E-state index contributed by atoms with van der Waals surface area (Å²) in [6, 6.07) is 0.628. The van der Waals surface area contributed by atoms with Crippen LogP contribution in [0.5, 0.6) is 0 Å². The van der Waals surface area contributed by atoms with Crippen LogP contribution in [-0.4, -0.2) is 37.1 Å². The molecule has 0 spiro atoms. The summed E-state index contributed by atoms with van der Waals surface area (Å²) in [6.07, 6.45) is 7.34. The van der Waals surface area contributed by atoms with Crippen LogP contribution in [0.2, 0.25) is 0 Å². The van der Waals surface area contributed by atoms with Gasteiger partial charge in [0, 0.05) is 12.6 Å². The van der Waals surface area contributed by atoms with E-state index in [1.807, 2.05) is 6.08 Å². The van der Waals surface area contributed by atoms with Crippen molar-refractivity contribution in [1.29, 1.82) is 0 Å². The Labute approximate surface area is 102 Å². The summed E-state index contributed by atoms with van der Waals surface area (Å²) < 4.78 is 0. The molecule has 0 aliphatic rings. The standard InChI is InChI=1S/C14H30N2/c1-5-12-16(6-2)13-10-8-7-9-11-15-14(3)4/h5,14-15H,1,6-13H2,2-4H3. The summed E-state index contributed by atoms with van der Waals surface area (Å²) in [4.78, 5) is 2.44. The quantitative estimate of drug-likeness (QED) is 0.430. The third-order valence-electron chi connectivity index (χ3n) is 2.79. The molecule has 0 aromatic rings. The lowest BCUT2D eigenvalue weighted by Crippen LogP contribution is -2.25. The van der Waals surface area contributed by atoms with Crippen LogP contribution in [0, 0.1) is 0 Å². The SMILES string of the molecule is C=CCN(CC)CCCCCCNC(C)C. The van der Waals surface area contributed by atoms with E-state index < -0.39 is 0 Å². The number of nitrogens with one attached hydrogen (secondary N) is 1. The lowest BCUT2D eigenvalue weighted by molar-refractivity contribution is 0.309. The molecule has 0 fully saturated rings. The zero-order valence-corrected chi connectivity index (χ0v) is 11.5. The molecule has 16 heavy (non-hydrogen) atoms. The van der Waals surface area contributed by atoms with Gasteiger partial charge in [-0.25, -0.2) is 0 Å². The summed E-state index contributed by atoms with van der Waals surface area (Å²) in [5.74, 6) is 0. The Hall–Kier alpha value is -0.340. The molecule has 2 nitrogen and oxygen atoms in total. The van der Waals surface area contributed by atoms with Crippen LogP contribution in [0.25, 0.3) is 0 Å². The molecule has 0 atom stereocenters. The molecule has 0 aromatic carbocycles. The van der Waals surface area contributed by atoms with Gasteiger partial charge in [0.2, 0.25) is 0 Å². The van der Waals surface area contributed by atoms with Gasteiger partial charge in [-0.1, -0.05) is 39.7 Å². The molecule has 0 unspecified atom stereocenters. The van der Waals surface area contributed by atoms with Crippen molar-refractivity contribution in [3.63, 3.8) is 0 Å². The summed E-state index contributed by atoms with van der Waals surface area (Å²) in [6.45, 7) is 15.0. The predicted molar refractivity (Wildman–Crippen MR) is 73.9 cm³/mol. The molecule has 2 heteroatoms. The number of hydrogen-bond donors (Lipinski definition) is 1. The first-order valence-electron chi connectivity index (χ1n) is 6.77. The first kappa shape index (κ1) is 15.7. The van der Waals surface area contributed by atoms with E-state index in [-0.39, 0.29) is 0 Å². The van der Waals surface area contributed by atoms with E-state index >= 15 is 0 Å². The average Bonchev–Trinajstić information content (AvgIpc) is 2.26. The van der Waals surface area contributed by atoms with Gasteiger partial charge in [-0.3, -0.25) is 4.90 Å². The van der Waals surface area contributed by atoms with Gasteiger partial charge in [0.15, 0.2) is 0 Å². The molecule has 0 saturated heterocycles. The third kappa shape index (κ3) is 10.2. The maximum atomic E-state index is 3.78. The highest BCUT2D eigenvalue weighted by molar-refractivity contribution is 4.72. The Kier molecular flexibility index (Phi) is 10.9. The number of rotatable bonds is 11. The van der Waals surface area contributed by atoms with Crippen LogP contribution < -0.4 is 5.32 Å². The third-order valence-corrected chi connectivity index (χ3v) is 2.79. The van der Waals surface area contributed by atoms with Crippen molar-refractivity contribution < 1.29 is 0 Å². The number of hydrogen-bond acceptors (Lipinski definition) is 2. The Balaban J connectivity index is 3.22. The van der Waals surface area contributed by atoms with Gasteiger partial charge in [0.1, 0.15) is 0 Å². The van der Waals surface area contributed by atoms with E-state index in [4.69, 9.17) is 0 Å². The molecule has 0 heterocycles. The number of nitrogens with zero attached hydrogens (tertiary/aromatic N) is 1. The zero-order chi connectivity index (χ0) is 12.2. The summed E-state index contributed by atoms with van der Waals surface area (Å²) in [5, 5.41) is 3.45. The normalized spacial score (nSPS) is 11.3. The molecule has 0 aromatic heterocycles. The van der Waals surface area contributed by atoms with E-state index in [0.717, 1.165) is 13.1 Å². The van der Waals surface area contributed by atoms with Crippen molar-refractivity contribution in [1.82, 2.24) is 10.2 Å². The molecule has 96 valence electrons. The minimum Gasteiger partial charge on any atom is -0.315 e. The van der Waals surface area contributed by atoms with Crippen molar-refractivity contribution in [2.24, 2.45) is 0 Å². The van der Waals surface area contributed by atoms with Gasteiger partial charge < -0.3 is 5.32 Å². The van der Waals surface area contributed by atoms with E-state index in [0.29, 0.717) is 6.04 Å². The molecule has 0 amide bonds. The van der Waals surface area contributed by atoms with Crippen molar-refractivity contribution >= 4 is 0 Å². The van der Waals surface area contributed by atoms with E-state index in [2.05, 4.69) is 37.6 Å². The molecule has 0 aliphatic heterocycles. The Morgan fingerprint density at radius 3 is 2.44 bits per heavy atom.